The molecule has 2 heterocycles. The molecule has 0 unspecified atom stereocenters. The number of methoxy groups -OCH3 is 1. The molecule has 1 fully saturated rings. The molecule has 2 aliphatic rings. The average Bonchev–Trinajstić information content (AvgIpc) is 3.22. The summed E-state index contributed by atoms with van der Waals surface area (Å²) in [6.45, 7) is 8.63. The molecule has 11 nitrogen and oxygen atoms in total. The minimum absolute atomic E-state index is 0.138. The van der Waals surface area contributed by atoms with Crippen LogP contribution in [0.2, 0.25) is 0 Å². The van der Waals surface area contributed by atoms with Crippen molar-refractivity contribution in [1.29, 1.82) is 0 Å². The van der Waals surface area contributed by atoms with Crippen LogP contribution in [0, 0.1) is 0 Å². The Balaban J connectivity index is 1.68. The molecule has 1 aromatic heterocycles. The first-order chi connectivity index (χ1) is 16.7. The summed E-state index contributed by atoms with van der Waals surface area (Å²) in [6, 6.07) is 4.17. The number of hydrogen-bond acceptors (Lipinski definition) is 11. The van der Waals surface area contributed by atoms with Gasteiger partial charge in [-0.25, -0.2) is 0 Å². The molecule has 0 bridgehead atoms. The van der Waals surface area contributed by atoms with E-state index in [-0.39, 0.29) is 48.0 Å². The van der Waals surface area contributed by atoms with E-state index < -0.39 is 0 Å². The number of aromatic nitrogens is 2. The zero-order chi connectivity index (χ0) is 25.3. The summed E-state index contributed by atoms with van der Waals surface area (Å²) in [5.74, 6) is 1.67. The molecule has 192 valence electrons. The molecule has 0 amide bonds. The second-order valence-corrected chi connectivity index (χ2v) is 9.83. The topological polar surface area (TPSA) is 144 Å². The van der Waals surface area contributed by atoms with Crippen molar-refractivity contribution in [1.82, 2.24) is 15.5 Å². The van der Waals surface area contributed by atoms with E-state index in [4.69, 9.17) is 20.4 Å². The molecule has 1 aliphatic heterocycles. The minimum Gasteiger partial charge on any atom is -0.504 e. The average molecular weight is 487 g/mol. The number of fused-ring (bicyclic) bond motifs is 1. The van der Waals surface area contributed by atoms with Gasteiger partial charge in [0.2, 0.25) is 11.7 Å². The maximum Gasteiger partial charge on any atom is 0.227 e. The van der Waals surface area contributed by atoms with E-state index in [0.29, 0.717) is 17.3 Å². The van der Waals surface area contributed by atoms with Gasteiger partial charge >= 0.3 is 0 Å². The first kappa shape index (κ1) is 24.9. The van der Waals surface area contributed by atoms with Crippen LogP contribution in [0.15, 0.2) is 12.1 Å². The molecular formula is C24H38N8O3. The molecular weight excluding hydrogens is 448 g/mol. The lowest BCUT2D eigenvalue weighted by Gasteiger charge is -2.27. The van der Waals surface area contributed by atoms with E-state index in [0.717, 1.165) is 37.2 Å². The van der Waals surface area contributed by atoms with Gasteiger partial charge < -0.3 is 31.3 Å². The second-order valence-electron chi connectivity index (χ2n) is 9.83. The Labute approximate surface area is 206 Å². The number of phenols is 2. The van der Waals surface area contributed by atoms with Gasteiger partial charge in [-0.2, -0.15) is 9.97 Å². The summed E-state index contributed by atoms with van der Waals surface area (Å²) in [5, 5.41) is 31.6. The van der Waals surface area contributed by atoms with Crippen LogP contribution in [0.25, 0.3) is 0 Å². The molecule has 1 aromatic carbocycles. The summed E-state index contributed by atoms with van der Waals surface area (Å²) in [6.07, 6.45) is 3.92. The van der Waals surface area contributed by atoms with E-state index >= 15 is 0 Å². The van der Waals surface area contributed by atoms with E-state index in [9.17, 15) is 10.2 Å². The Morgan fingerprint density at radius 1 is 1.06 bits per heavy atom. The highest BCUT2D eigenvalue weighted by Gasteiger charge is 2.35. The molecule has 2 aromatic rings. The number of anilines is 4. The zero-order valence-electron chi connectivity index (χ0n) is 21.2. The zero-order valence-corrected chi connectivity index (χ0v) is 21.2. The summed E-state index contributed by atoms with van der Waals surface area (Å²) in [7, 11) is 1.44. The van der Waals surface area contributed by atoms with Gasteiger partial charge in [-0.15, -0.1) is 5.53 Å². The maximum absolute atomic E-state index is 10.5. The van der Waals surface area contributed by atoms with Crippen molar-refractivity contribution in [3.05, 3.63) is 17.7 Å². The van der Waals surface area contributed by atoms with Crippen LogP contribution in [0.4, 0.5) is 23.3 Å². The third-order valence-electron chi connectivity index (χ3n) is 6.55. The van der Waals surface area contributed by atoms with Crippen LogP contribution in [-0.4, -0.2) is 51.5 Å². The summed E-state index contributed by atoms with van der Waals surface area (Å²) < 4.78 is 5.09. The number of hydrogen-bond donors (Lipinski definition) is 6. The number of hydrazine groups is 2. The molecule has 11 heteroatoms. The number of nitrogens with one attached hydrogen (secondary N) is 3. The molecule has 0 saturated heterocycles. The van der Waals surface area contributed by atoms with E-state index in [1.807, 2.05) is 10.0 Å². The number of benzene rings is 1. The number of phenolic OH excluding ortho intramolecular Hbond substituents is 2. The van der Waals surface area contributed by atoms with Crippen molar-refractivity contribution >= 4 is 23.3 Å². The van der Waals surface area contributed by atoms with Crippen molar-refractivity contribution in [3.8, 4) is 17.2 Å². The van der Waals surface area contributed by atoms with Crippen LogP contribution in [0.3, 0.4) is 0 Å². The fourth-order valence-electron chi connectivity index (χ4n) is 4.50. The summed E-state index contributed by atoms with van der Waals surface area (Å²) in [5.41, 5.74) is 10.9. The molecule has 0 spiro atoms. The van der Waals surface area contributed by atoms with Crippen LogP contribution in [0.5, 0.6) is 17.2 Å². The Morgan fingerprint density at radius 2 is 1.74 bits per heavy atom. The highest BCUT2D eigenvalue weighted by Crippen LogP contribution is 2.42. The number of rotatable bonds is 8. The Kier molecular flexibility index (Phi) is 7.27. The number of aromatic hydroxyl groups is 2. The third-order valence-corrected chi connectivity index (χ3v) is 6.55. The maximum atomic E-state index is 10.5. The van der Waals surface area contributed by atoms with Crippen molar-refractivity contribution < 1.29 is 14.9 Å². The van der Waals surface area contributed by atoms with Gasteiger partial charge in [0.25, 0.3) is 0 Å². The predicted molar refractivity (Wildman–Crippen MR) is 138 cm³/mol. The lowest BCUT2D eigenvalue weighted by atomic mass is 9.92. The molecule has 1 aliphatic carbocycles. The number of nitrogens with two attached hydrogens (primary N) is 1. The fraction of sp³-hybridized carbons (Fsp3) is 0.583. The van der Waals surface area contributed by atoms with Gasteiger partial charge in [0.05, 0.1) is 7.11 Å². The smallest absolute Gasteiger partial charge is 0.227 e. The summed E-state index contributed by atoms with van der Waals surface area (Å²) >= 11 is 0. The summed E-state index contributed by atoms with van der Waals surface area (Å²) in [4.78, 5) is 9.74. The van der Waals surface area contributed by atoms with Crippen molar-refractivity contribution in [2.24, 2.45) is 5.73 Å². The monoisotopic (exact) mass is 486 g/mol. The molecule has 0 radical (unpaired) electrons. The van der Waals surface area contributed by atoms with Gasteiger partial charge in [0.1, 0.15) is 5.69 Å². The van der Waals surface area contributed by atoms with Crippen molar-refractivity contribution in [2.75, 3.05) is 27.8 Å². The lowest BCUT2D eigenvalue weighted by Crippen LogP contribution is -2.50. The third kappa shape index (κ3) is 5.10. The van der Waals surface area contributed by atoms with Crippen molar-refractivity contribution in [3.63, 3.8) is 0 Å². The molecule has 4 rings (SSSR count). The SMILES string of the molecule is COc1ccc(CNc2nc(NC3CCC(N)CC3)nc3c2N(C(C)C)NN3C(C)C)c(O)c1O. The highest BCUT2D eigenvalue weighted by atomic mass is 16.5. The van der Waals surface area contributed by atoms with E-state index in [1.165, 1.54) is 7.11 Å². The second kappa shape index (κ2) is 10.2. The fourth-order valence-corrected chi connectivity index (χ4v) is 4.50. The lowest BCUT2D eigenvalue weighted by molar-refractivity contribution is 0.349. The quantitative estimate of drug-likeness (QED) is 0.306. The largest absolute Gasteiger partial charge is 0.504 e. The van der Waals surface area contributed by atoms with Gasteiger partial charge in [0, 0.05) is 36.3 Å². The van der Waals surface area contributed by atoms with Gasteiger partial charge in [-0.1, -0.05) is 0 Å². The first-order valence-electron chi connectivity index (χ1n) is 12.3. The standard InChI is InChI=1S/C24H38N8O3/c1-13(2)31-19-22(26-12-15-6-11-18(35-5)21(34)20(15)33)28-24(27-17-9-7-16(25)8-10-17)29-23(19)32(30-31)14(3)4/h6,11,13-14,16-17,30,33-34H,7-10,12,25H2,1-5H3,(H2,26,27,28,29). The highest BCUT2D eigenvalue weighted by molar-refractivity contribution is 5.83. The van der Waals surface area contributed by atoms with Gasteiger partial charge in [0.15, 0.2) is 23.1 Å². The minimum atomic E-state index is -0.283. The van der Waals surface area contributed by atoms with E-state index in [2.05, 4.69) is 43.9 Å². The number of ether oxygens (including phenoxy) is 1. The van der Waals surface area contributed by atoms with Crippen molar-refractivity contribution in [2.45, 2.75) is 84.1 Å². The first-order valence-corrected chi connectivity index (χ1v) is 12.3. The number of nitrogens with zero attached hydrogens (tertiary/aromatic N) is 4. The van der Waals surface area contributed by atoms with Crippen LogP contribution in [-0.2, 0) is 6.54 Å². The molecule has 0 atom stereocenters. The van der Waals surface area contributed by atoms with Gasteiger partial charge in [-0.3, -0.25) is 10.0 Å². The van der Waals surface area contributed by atoms with Crippen LogP contribution in [0.1, 0.15) is 58.9 Å². The molecule has 35 heavy (non-hydrogen) atoms. The van der Waals surface area contributed by atoms with E-state index in [1.54, 1.807) is 12.1 Å². The van der Waals surface area contributed by atoms with Crippen LogP contribution >= 0.6 is 0 Å². The van der Waals surface area contributed by atoms with Crippen LogP contribution < -0.4 is 36.7 Å². The molecule has 7 N–H and O–H groups in total. The Bertz CT molecular complexity index is 1040. The predicted octanol–water partition coefficient (Wildman–Crippen LogP) is 3.05. The Hall–Kier alpha value is -3.18. The Morgan fingerprint density at radius 3 is 2.37 bits per heavy atom. The molecule has 1 saturated carbocycles. The normalized spacial score (nSPS) is 19.9. The van der Waals surface area contributed by atoms with Gasteiger partial charge in [-0.05, 0) is 65.5 Å².